The van der Waals surface area contributed by atoms with Gasteiger partial charge in [-0.1, -0.05) is 34.1 Å². The Morgan fingerprint density at radius 2 is 1.84 bits per heavy atom. The van der Waals surface area contributed by atoms with Crippen LogP contribution in [-0.2, 0) is 0 Å². The Morgan fingerprint density at radius 1 is 1.08 bits per heavy atom. The molecule has 0 bridgehead atoms. The van der Waals surface area contributed by atoms with Gasteiger partial charge in [0.2, 0.25) is 0 Å². The molecule has 25 heavy (non-hydrogen) atoms. The minimum atomic E-state index is -0.204. The number of amides is 1. The molecule has 1 N–H and O–H groups in total. The molecule has 0 atom stereocenters. The Morgan fingerprint density at radius 3 is 2.48 bits per heavy atom. The van der Waals surface area contributed by atoms with E-state index in [1.54, 1.807) is 18.1 Å². The van der Waals surface area contributed by atoms with Gasteiger partial charge in [0.1, 0.15) is 11.5 Å². The summed E-state index contributed by atoms with van der Waals surface area (Å²) in [4.78, 5) is 22.6. The van der Waals surface area contributed by atoms with Gasteiger partial charge in [0.15, 0.2) is 0 Å². The number of carbonyl (C=O) groups excluding carboxylic acids is 1. The van der Waals surface area contributed by atoms with Crippen molar-refractivity contribution in [3.63, 3.8) is 0 Å². The summed E-state index contributed by atoms with van der Waals surface area (Å²) in [6.07, 6.45) is 3.05. The average Bonchev–Trinajstić information content (AvgIpc) is 2.64. The lowest BCUT2D eigenvalue weighted by Crippen LogP contribution is -2.27. The summed E-state index contributed by atoms with van der Waals surface area (Å²) in [6.45, 7) is 2.01. The lowest BCUT2D eigenvalue weighted by molar-refractivity contribution is 0.0988. The molecule has 0 unspecified atom stereocenters. The van der Waals surface area contributed by atoms with E-state index in [1.165, 1.54) is 6.20 Å². The third-order valence-electron chi connectivity index (χ3n) is 3.77. The molecule has 0 radical (unpaired) electrons. The normalized spacial score (nSPS) is 10.4. The highest BCUT2D eigenvalue weighted by molar-refractivity contribution is 9.10. The molecule has 126 valence electrons. The average molecular weight is 397 g/mol. The second-order valence-electron chi connectivity index (χ2n) is 5.57. The first kappa shape index (κ1) is 17.1. The highest BCUT2D eigenvalue weighted by atomic mass is 79.9. The van der Waals surface area contributed by atoms with Crippen LogP contribution < -0.4 is 10.2 Å². The predicted octanol–water partition coefficient (Wildman–Crippen LogP) is 4.57. The molecule has 5 nitrogen and oxygen atoms in total. The van der Waals surface area contributed by atoms with Crippen LogP contribution in [-0.4, -0.2) is 22.9 Å². The largest absolute Gasteiger partial charge is 0.339 e. The van der Waals surface area contributed by atoms with E-state index in [2.05, 4.69) is 31.2 Å². The van der Waals surface area contributed by atoms with Gasteiger partial charge in [-0.25, -0.2) is 9.97 Å². The number of nitrogens with one attached hydrogen (secondary N) is 1. The van der Waals surface area contributed by atoms with E-state index in [0.29, 0.717) is 11.5 Å². The van der Waals surface area contributed by atoms with Gasteiger partial charge < -0.3 is 10.2 Å². The highest BCUT2D eigenvalue weighted by Gasteiger charge is 2.15. The van der Waals surface area contributed by atoms with Crippen molar-refractivity contribution < 1.29 is 4.79 Å². The summed E-state index contributed by atoms with van der Waals surface area (Å²) in [5, 5.41) is 3.21. The number of halogens is 1. The molecular weight excluding hydrogens is 380 g/mol. The van der Waals surface area contributed by atoms with E-state index in [9.17, 15) is 4.79 Å². The molecule has 0 saturated heterocycles. The standard InChI is InChI=1S/C19H17BrN4O/c1-13-10-14(20)8-9-16(13)23-18-12-21-17(11-22-18)19(25)24(2)15-6-4-3-5-7-15/h3-12H,1-2H3,(H,22,23). The van der Waals surface area contributed by atoms with Crippen molar-refractivity contribution in [2.75, 3.05) is 17.3 Å². The second kappa shape index (κ2) is 7.44. The Balaban J connectivity index is 1.74. The maximum Gasteiger partial charge on any atom is 0.278 e. The summed E-state index contributed by atoms with van der Waals surface area (Å²) in [5.74, 6) is 0.384. The van der Waals surface area contributed by atoms with Crippen molar-refractivity contribution in [1.82, 2.24) is 9.97 Å². The van der Waals surface area contributed by atoms with E-state index < -0.39 is 0 Å². The number of carbonyl (C=O) groups is 1. The zero-order valence-corrected chi connectivity index (χ0v) is 15.5. The maximum atomic E-state index is 12.5. The number of benzene rings is 2. The molecule has 1 aromatic heterocycles. The molecule has 0 fully saturated rings. The zero-order chi connectivity index (χ0) is 17.8. The summed E-state index contributed by atoms with van der Waals surface area (Å²) in [7, 11) is 1.72. The van der Waals surface area contributed by atoms with Crippen molar-refractivity contribution in [3.8, 4) is 0 Å². The minimum Gasteiger partial charge on any atom is -0.339 e. The predicted molar refractivity (Wildman–Crippen MR) is 103 cm³/mol. The number of aromatic nitrogens is 2. The molecule has 0 aliphatic heterocycles. The summed E-state index contributed by atoms with van der Waals surface area (Å²) < 4.78 is 1.02. The van der Waals surface area contributed by atoms with Crippen LogP contribution in [0.1, 0.15) is 16.1 Å². The molecule has 0 aliphatic rings. The van der Waals surface area contributed by atoms with Crippen LogP contribution in [0.4, 0.5) is 17.2 Å². The molecule has 0 saturated carbocycles. The smallest absolute Gasteiger partial charge is 0.278 e. The summed E-state index contributed by atoms with van der Waals surface area (Å²) in [5.41, 5.74) is 3.13. The van der Waals surface area contributed by atoms with Gasteiger partial charge in [-0.2, -0.15) is 0 Å². The van der Waals surface area contributed by atoms with Gasteiger partial charge in [0, 0.05) is 22.9 Å². The summed E-state index contributed by atoms with van der Waals surface area (Å²) in [6, 6.07) is 15.4. The van der Waals surface area contributed by atoms with Gasteiger partial charge in [0.05, 0.1) is 12.4 Å². The summed E-state index contributed by atoms with van der Waals surface area (Å²) >= 11 is 3.44. The SMILES string of the molecule is Cc1cc(Br)ccc1Nc1cnc(C(=O)N(C)c2ccccc2)cn1. The fourth-order valence-corrected chi connectivity index (χ4v) is 2.82. The van der Waals surface area contributed by atoms with Crippen molar-refractivity contribution in [1.29, 1.82) is 0 Å². The van der Waals surface area contributed by atoms with Gasteiger partial charge in [-0.15, -0.1) is 0 Å². The van der Waals surface area contributed by atoms with Gasteiger partial charge in [0.25, 0.3) is 5.91 Å². The first-order valence-corrected chi connectivity index (χ1v) is 8.52. The van der Waals surface area contributed by atoms with Gasteiger partial charge in [-0.3, -0.25) is 4.79 Å². The van der Waals surface area contributed by atoms with Crippen molar-refractivity contribution in [2.45, 2.75) is 6.92 Å². The number of anilines is 3. The van der Waals surface area contributed by atoms with E-state index in [1.807, 2.05) is 55.5 Å². The molecule has 1 heterocycles. The lowest BCUT2D eigenvalue weighted by Gasteiger charge is -2.16. The van der Waals surface area contributed by atoms with Crippen molar-refractivity contribution >= 4 is 39.0 Å². The number of aryl methyl sites for hydroxylation is 1. The van der Waals surface area contributed by atoms with Crippen LogP contribution in [0.25, 0.3) is 0 Å². The molecule has 3 aromatic rings. The Hall–Kier alpha value is -2.73. The third-order valence-corrected chi connectivity index (χ3v) is 4.26. The molecule has 6 heteroatoms. The van der Waals surface area contributed by atoms with Gasteiger partial charge in [-0.05, 0) is 42.8 Å². The number of para-hydroxylation sites is 1. The lowest BCUT2D eigenvalue weighted by atomic mass is 10.2. The van der Waals surface area contributed by atoms with E-state index in [-0.39, 0.29) is 5.91 Å². The topological polar surface area (TPSA) is 58.1 Å². The number of rotatable bonds is 4. The minimum absolute atomic E-state index is 0.204. The van der Waals surface area contributed by atoms with Crippen molar-refractivity contribution in [3.05, 3.63) is 76.7 Å². The molecule has 2 aromatic carbocycles. The Kier molecular flexibility index (Phi) is 5.09. The second-order valence-corrected chi connectivity index (χ2v) is 6.49. The Bertz CT molecular complexity index is 882. The van der Waals surface area contributed by atoms with Gasteiger partial charge >= 0.3 is 0 Å². The van der Waals surface area contributed by atoms with E-state index >= 15 is 0 Å². The maximum absolute atomic E-state index is 12.5. The number of hydrogen-bond donors (Lipinski definition) is 1. The third kappa shape index (κ3) is 4.03. The van der Waals surface area contributed by atoms with Crippen LogP contribution >= 0.6 is 15.9 Å². The quantitative estimate of drug-likeness (QED) is 0.701. The molecule has 3 rings (SSSR count). The molecule has 1 amide bonds. The van der Waals surface area contributed by atoms with E-state index in [0.717, 1.165) is 21.4 Å². The molecular formula is C19H17BrN4O. The van der Waals surface area contributed by atoms with Crippen LogP contribution in [0.15, 0.2) is 65.4 Å². The Labute approximate surface area is 154 Å². The van der Waals surface area contributed by atoms with Crippen LogP contribution in [0.5, 0.6) is 0 Å². The van der Waals surface area contributed by atoms with Crippen LogP contribution in [0, 0.1) is 6.92 Å². The highest BCUT2D eigenvalue weighted by Crippen LogP contribution is 2.22. The molecule has 0 aliphatic carbocycles. The fraction of sp³-hybridized carbons (Fsp3) is 0.105. The zero-order valence-electron chi connectivity index (χ0n) is 13.9. The first-order chi connectivity index (χ1) is 12.0. The number of hydrogen-bond acceptors (Lipinski definition) is 4. The van der Waals surface area contributed by atoms with Crippen molar-refractivity contribution in [2.24, 2.45) is 0 Å². The van der Waals surface area contributed by atoms with Crippen LogP contribution in [0.3, 0.4) is 0 Å². The monoisotopic (exact) mass is 396 g/mol. The molecule has 0 spiro atoms. The van der Waals surface area contributed by atoms with E-state index in [4.69, 9.17) is 0 Å². The fourth-order valence-electron chi connectivity index (χ4n) is 2.35. The van der Waals surface area contributed by atoms with Crippen LogP contribution in [0.2, 0.25) is 0 Å². The first-order valence-electron chi connectivity index (χ1n) is 7.73. The number of nitrogens with zero attached hydrogens (tertiary/aromatic N) is 3.